The van der Waals surface area contributed by atoms with Crippen molar-refractivity contribution < 1.29 is 0 Å². The third kappa shape index (κ3) is 2.22. The van der Waals surface area contributed by atoms with Crippen LogP contribution in [0.2, 0.25) is 0 Å². The van der Waals surface area contributed by atoms with E-state index in [1.165, 1.54) is 32.1 Å². The summed E-state index contributed by atoms with van der Waals surface area (Å²) in [5.74, 6) is 4.08. The van der Waals surface area contributed by atoms with Gasteiger partial charge in [-0.25, -0.2) is 0 Å². The first-order valence-corrected chi connectivity index (χ1v) is 7.03. The molecule has 0 saturated heterocycles. The highest BCUT2D eigenvalue weighted by Crippen LogP contribution is 2.58. The average molecular weight is 209 g/mol. The highest BCUT2D eigenvalue weighted by atomic mass is 14.9. The molecule has 1 N–H and O–H groups in total. The number of hydrogen-bond acceptors (Lipinski definition) is 1. The summed E-state index contributed by atoms with van der Waals surface area (Å²) >= 11 is 0. The third-order valence-electron chi connectivity index (χ3n) is 4.83. The Morgan fingerprint density at radius 1 is 1.13 bits per heavy atom. The van der Waals surface area contributed by atoms with Gasteiger partial charge in [0.05, 0.1) is 0 Å². The lowest BCUT2D eigenvalue weighted by Gasteiger charge is -2.24. The van der Waals surface area contributed by atoms with E-state index < -0.39 is 0 Å². The van der Waals surface area contributed by atoms with Gasteiger partial charge in [-0.2, -0.15) is 0 Å². The average Bonchev–Trinajstić information content (AvgIpc) is 2.99. The van der Waals surface area contributed by atoms with Crippen molar-refractivity contribution in [3.05, 3.63) is 0 Å². The molecule has 0 bridgehead atoms. The minimum atomic E-state index is 0.813. The van der Waals surface area contributed by atoms with E-state index in [0.29, 0.717) is 0 Å². The van der Waals surface area contributed by atoms with E-state index in [1.54, 1.807) is 0 Å². The van der Waals surface area contributed by atoms with Crippen LogP contribution in [0.25, 0.3) is 0 Å². The molecule has 2 rings (SSSR count). The zero-order valence-corrected chi connectivity index (χ0v) is 10.6. The summed E-state index contributed by atoms with van der Waals surface area (Å²) in [6, 6.07) is 0.813. The van der Waals surface area contributed by atoms with Crippen molar-refractivity contribution in [1.82, 2.24) is 5.32 Å². The Morgan fingerprint density at radius 2 is 1.73 bits per heavy atom. The first-order chi connectivity index (χ1) is 7.29. The van der Waals surface area contributed by atoms with E-state index in [0.717, 1.165) is 36.3 Å². The smallest absolute Gasteiger partial charge is 0.0126 e. The summed E-state index contributed by atoms with van der Waals surface area (Å²) in [4.78, 5) is 0. The Labute approximate surface area is 95.0 Å². The van der Waals surface area contributed by atoms with E-state index >= 15 is 0 Å². The zero-order valence-electron chi connectivity index (χ0n) is 10.6. The molecule has 0 heterocycles. The zero-order chi connectivity index (χ0) is 10.8. The molecule has 2 saturated carbocycles. The number of nitrogens with one attached hydrogen (secondary N) is 1. The SMILES string of the molecule is CCNC(C(C)CC)C1C2CCCCC21. The van der Waals surface area contributed by atoms with Gasteiger partial charge in [0, 0.05) is 6.04 Å². The largest absolute Gasteiger partial charge is 0.314 e. The van der Waals surface area contributed by atoms with Crippen LogP contribution in [0.5, 0.6) is 0 Å². The molecule has 0 spiro atoms. The fraction of sp³-hybridized carbons (Fsp3) is 1.00. The molecule has 0 aromatic heterocycles. The van der Waals surface area contributed by atoms with Crippen molar-refractivity contribution in [2.45, 2.75) is 58.9 Å². The maximum atomic E-state index is 3.75. The van der Waals surface area contributed by atoms with Gasteiger partial charge in [0.15, 0.2) is 0 Å². The molecule has 0 radical (unpaired) electrons. The molecule has 4 atom stereocenters. The quantitative estimate of drug-likeness (QED) is 0.731. The lowest BCUT2D eigenvalue weighted by Crippen LogP contribution is -2.37. The normalized spacial score (nSPS) is 38.2. The van der Waals surface area contributed by atoms with Gasteiger partial charge in [0.25, 0.3) is 0 Å². The van der Waals surface area contributed by atoms with Gasteiger partial charge in [-0.1, -0.05) is 40.0 Å². The van der Waals surface area contributed by atoms with E-state index in [4.69, 9.17) is 0 Å². The number of hydrogen-bond donors (Lipinski definition) is 1. The van der Waals surface area contributed by atoms with Crippen LogP contribution in [0.4, 0.5) is 0 Å². The van der Waals surface area contributed by atoms with Gasteiger partial charge in [-0.3, -0.25) is 0 Å². The monoisotopic (exact) mass is 209 g/mol. The maximum absolute atomic E-state index is 3.75. The summed E-state index contributed by atoms with van der Waals surface area (Å²) in [7, 11) is 0. The minimum absolute atomic E-state index is 0.813. The van der Waals surface area contributed by atoms with Crippen molar-refractivity contribution in [2.75, 3.05) is 6.54 Å². The number of rotatable bonds is 5. The summed E-state index contributed by atoms with van der Waals surface area (Å²) < 4.78 is 0. The molecule has 15 heavy (non-hydrogen) atoms. The highest BCUT2D eigenvalue weighted by Gasteiger charge is 2.54. The predicted octanol–water partition coefficient (Wildman–Crippen LogP) is 3.45. The molecule has 0 aliphatic heterocycles. The first kappa shape index (κ1) is 11.4. The standard InChI is InChI=1S/C14H27N/c1-4-10(3)14(15-5-2)13-11-8-6-7-9-12(11)13/h10-15H,4-9H2,1-3H3. The third-order valence-corrected chi connectivity index (χ3v) is 4.83. The van der Waals surface area contributed by atoms with Crippen molar-refractivity contribution in [1.29, 1.82) is 0 Å². The molecule has 1 nitrogen and oxygen atoms in total. The molecule has 88 valence electrons. The van der Waals surface area contributed by atoms with Gasteiger partial charge in [0.2, 0.25) is 0 Å². The van der Waals surface area contributed by atoms with Crippen LogP contribution in [-0.2, 0) is 0 Å². The van der Waals surface area contributed by atoms with E-state index in [2.05, 4.69) is 26.1 Å². The van der Waals surface area contributed by atoms with Gasteiger partial charge in [-0.15, -0.1) is 0 Å². The van der Waals surface area contributed by atoms with Gasteiger partial charge in [-0.05, 0) is 43.1 Å². The molecular formula is C14H27N. The van der Waals surface area contributed by atoms with Crippen LogP contribution in [0, 0.1) is 23.7 Å². The second-order valence-corrected chi connectivity index (χ2v) is 5.66. The van der Waals surface area contributed by atoms with E-state index in [-0.39, 0.29) is 0 Å². The van der Waals surface area contributed by atoms with E-state index in [9.17, 15) is 0 Å². The Morgan fingerprint density at radius 3 is 2.20 bits per heavy atom. The lowest BCUT2D eigenvalue weighted by molar-refractivity contribution is 0.319. The fourth-order valence-corrected chi connectivity index (χ4v) is 3.79. The Kier molecular flexibility index (Phi) is 3.71. The molecular weight excluding hydrogens is 182 g/mol. The van der Waals surface area contributed by atoms with Crippen LogP contribution < -0.4 is 5.32 Å². The number of fused-ring (bicyclic) bond motifs is 1. The predicted molar refractivity (Wildman–Crippen MR) is 65.9 cm³/mol. The molecule has 0 amide bonds. The van der Waals surface area contributed by atoms with Gasteiger partial charge >= 0.3 is 0 Å². The van der Waals surface area contributed by atoms with Crippen molar-refractivity contribution in [3.8, 4) is 0 Å². The molecule has 2 aliphatic carbocycles. The van der Waals surface area contributed by atoms with Crippen molar-refractivity contribution >= 4 is 0 Å². The molecule has 2 aliphatic rings. The van der Waals surface area contributed by atoms with Crippen molar-refractivity contribution in [3.63, 3.8) is 0 Å². The van der Waals surface area contributed by atoms with Crippen LogP contribution in [0.3, 0.4) is 0 Å². The fourth-order valence-electron chi connectivity index (χ4n) is 3.79. The molecule has 1 heteroatoms. The van der Waals surface area contributed by atoms with E-state index in [1.807, 2.05) is 0 Å². The molecule has 0 aromatic rings. The summed E-state index contributed by atoms with van der Waals surface area (Å²) in [6.07, 6.45) is 7.36. The topological polar surface area (TPSA) is 12.0 Å². The second-order valence-electron chi connectivity index (χ2n) is 5.66. The van der Waals surface area contributed by atoms with Crippen LogP contribution in [-0.4, -0.2) is 12.6 Å². The Balaban J connectivity index is 1.94. The summed E-state index contributed by atoms with van der Waals surface area (Å²) in [5, 5.41) is 3.75. The second kappa shape index (κ2) is 4.86. The minimum Gasteiger partial charge on any atom is -0.314 e. The first-order valence-electron chi connectivity index (χ1n) is 7.03. The highest BCUT2D eigenvalue weighted by molar-refractivity contribution is 5.05. The lowest BCUT2D eigenvalue weighted by atomic mass is 9.93. The molecule has 2 fully saturated rings. The van der Waals surface area contributed by atoms with Crippen molar-refractivity contribution in [2.24, 2.45) is 23.7 Å². The Bertz CT molecular complexity index is 190. The summed E-state index contributed by atoms with van der Waals surface area (Å²) in [6.45, 7) is 8.16. The summed E-state index contributed by atoms with van der Waals surface area (Å²) in [5.41, 5.74) is 0. The van der Waals surface area contributed by atoms with Crippen LogP contribution in [0.15, 0.2) is 0 Å². The van der Waals surface area contributed by atoms with Crippen LogP contribution in [0.1, 0.15) is 52.9 Å². The molecule has 0 aromatic carbocycles. The van der Waals surface area contributed by atoms with Gasteiger partial charge in [0.1, 0.15) is 0 Å². The van der Waals surface area contributed by atoms with Gasteiger partial charge < -0.3 is 5.32 Å². The Hall–Kier alpha value is -0.0400. The van der Waals surface area contributed by atoms with Crippen LogP contribution >= 0.6 is 0 Å². The molecule has 4 unspecified atom stereocenters. The maximum Gasteiger partial charge on any atom is 0.0126 e.